The Morgan fingerprint density at radius 1 is 1.29 bits per heavy atom. The van der Waals surface area contributed by atoms with E-state index in [0.717, 1.165) is 0 Å². The molecule has 2 heterocycles. The van der Waals surface area contributed by atoms with Crippen LogP contribution in [-0.2, 0) is 4.74 Å². The van der Waals surface area contributed by atoms with E-state index >= 15 is 0 Å². The van der Waals surface area contributed by atoms with Crippen LogP contribution in [0.3, 0.4) is 0 Å². The zero-order valence-corrected chi connectivity index (χ0v) is 11.2. The van der Waals surface area contributed by atoms with Crippen LogP contribution in [0.25, 0.3) is 5.52 Å². The van der Waals surface area contributed by atoms with E-state index in [4.69, 9.17) is 15.6 Å². The molecule has 0 aromatic carbocycles. The molecule has 0 saturated carbocycles. The van der Waals surface area contributed by atoms with Gasteiger partial charge >= 0.3 is 12.1 Å². The van der Waals surface area contributed by atoms with Crippen molar-refractivity contribution in [2.75, 3.05) is 13.2 Å². The van der Waals surface area contributed by atoms with Gasteiger partial charge in [-0.25, -0.2) is 14.1 Å². The summed E-state index contributed by atoms with van der Waals surface area (Å²) in [7, 11) is 0. The Morgan fingerprint density at radius 3 is 2.76 bits per heavy atom. The Bertz CT molecular complexity index is 652. The molecule has 2 aromatic rings. The molecule has 2 aromatic heterocycles. The standard InChI is InChI=1S/C13H15N3O5/c14-13(19)21-6-2-1-5-20-9-3-4-11-10(12(17)18)7-15-16(11)8-9/h3-4,7-8H,1-2,5-6H2,(H2,14,19)(H,17,18). The van der Waals surface area contributed by atoms with Crippen molar-refractivity contribution in [3.05, 3.63) is 30.1 Å². The molecular formula is C13H15N3O5. The monoisotopic (exact) mass is 293 g/mol. The summed E-state index contributed by atoms with van der Waals surface area (Å²) in [6, 6.07) is 3.32. The van der Waals surface area contributed by atoms with Crippen molar-refractivity contribution in [2.45, 2.75) is 12.8 Å². The molecular weight excluding hydrogens is 278 g/mol. The predicted molar refractivity (Wildman–Crippen MR) is 72.4 cm³/mol. The second kappa shape index (κ2) is 6.60. The summed E-state index contributed by atoms with van der Waals surface area (Å²) in [5.74, 6) is -0.438. The number of aromatic carboxylic acids is 1. The lowest BCUT2D eigenvalue weighted by atomic mass is 10.2. The van der Waals surface area contributed by atoms with Gasteiger partial charge in [0, 0.05) is 0 Å². The van der Waals surface area contributed by atoms with E-state index in [2.05, 4.69) is 9.84 Å². The Labute approximate surface area is 120 Å². The Hall–Kier alpha value is -2.77. The SMILES string of the molecule is NC(=O)OCCCCOc1ccc2c(C(=O)O)cnn2c1. The van der Waals surface area contributed by atoms with Gasteiger partial charge in [-0.1, -0.05) is 0 Å². The number of carboxylic acids is 1. The van der Waals surface area contributed by atoms with Crippen molar-refractivity contribution in [3.8, 4) is 5.75 Å². The fourth-order valence-corrected chi connectivity index (χ4v) is 1.78. The Morgan fingerprint density at radius 2 is 2.05 bits per heavy atom. The minimum absolute atomic E-state index is 0.144. The van der Waals surface area contributed by atoms with Crippen LogP contribution in [0.4, 0.5) is 4.79 Å². The highest BCUT2D eigenvalue weighted by Crippen LogP contribution is 2.16. The summed E-state index contributed by atoms with van der Waals surface area (Å²) in [4.78, 5) is 21.3. The number of carbonyl (C=O) groups excluding carboxylic acids is 1. The number of rotatable bonds is 7. The van der Waals surface area contributed by atoms with Gasteiger partial charge < -0.3 is 20.3 Å². The number of hydrogen-bond acceptors (Lipinski definition) is 5. The van der Waals surface area contributed by atoms with Gasteiger partial charge in [-0.15, -0.1) is 0 Å². The molecule has 0 aliphatic heterocycles. The first-order valence-corrected chi connectivity index (χ1v) is 6.33. The van der Waals surface area contributed by atoms with E-state index < -0.39 is 12.1 Å². The maximum atomic E-state index is 11.0. The zero-order chi connectivity index (χ0) is 15.2. The van der Waals surface area contributed by atoms with Gasteiger partial charge in [0.15, 0.2) is 0 Å². The van der Waals surface area contributed by atoms with E-state index in [1.165, 1.54) is 10.7 Å². The third-order valence-electron chi connectivity index (χ3n) is 2.77. The largest absolute Gasteiger partial charge is 0.492 e. The van der Waals surface area contributed by atoms with Gasteiger partial charge in [-0.2, -0.15) is 5.10 Å². The molecule has 0 aliphatic carbocycles. The number of amides is 1. The number of nitrogens with zero attached hydrogens (tertiary/aromatic N) is 2. The summed E-state index contributed by atoms with van der Waals surface area (Å²) in [5.41, 5.74) is 5.48. The summed E-state index contributed by atoms with van der Waals surface area (Å²) in [6.07, 6.45) is 3.47. The van der Waals surface area contributed by atoms with Crippen LogP contribution < -0.4 is 10.5 Å². The first kappa shape index (κ1) is 14.6. The van der Waals surface area contributed by atoms with Gasteiger partial charge in [-0.3, -0.25) is 0 Å². The summed E-state index contributed by atoms with van der Waals surface area (Å²) >= 11 is 0. The number of primary amides is 1. The number of carbonyl (C=O) groups is 2. The first-order chi connectivity index (χ1) is 10.1. The maximum absolute atomic E-state index is 11.0. The fourth-order valence-electron chi connectivity index (χ4n) is 1.78. The topological polar surface area (TPSA) is 116 Å². The number of pyridine rings is 1. The average Bonchev–Trinajstić information content (AvgIpc) is 2.85. The number of unbranched alkanes of at least 4 members (excludes halogenated alkanes) is 1. The van der Waals surface area contributed by atoms with Crippen LogP contribution in [0.2, 0.25) is 0 Å². The Kier molecular flexibility index (Phi) is 4.60. The number of hydrogen-bond donors (Lipinski definition) is 2. The summed E-state index contributed by atoms with van der Waals surface area (Å²) in [6.45, 7) is 0.708. The van der Waals surface area contributed by atoms with Crippen LogP contribution >= 0.6 is 0 Å². The maximum Gasteiger partial charge on any atom is 0.404 e. The highest BCUT2D eigenvalue weighted by atomic mass is 16.5. The summed E-state index contributed by atoms with van der Waals surface area (Å²) < 4.78 is 11.6. The molecule has 8 heteroatoms. The van der Waals surface area contributed by atoms with Crippen LogP contribution in [0.5, 0.6) is 5.75 Å². The van der Waals surface area contributed by atoms with E-state index in [0.29, 0.717) is 30.7 Å². The van der Waals surface area contributed by atoms with Crippen LogP contribution in [0, 0.1) is 0 Å². The second-order valence-electron chi connectivity index (χ2n) is 4.28. The van der Waals surface area contributed by atoms with Crippen molar-refractivity contribution in [1.29, 1.82) is 0 Å². The van der Waals surface area contributed by atoms with Gasteiger partial charge in [0.25, 0.3) is 0 Å². The third-order valence-corrected chi connectivity index (χ3v) is 2.77. The molecule has 1 amide bonds. The molecule has 0 saturated heterocycles. The number of ether oxygens (including phenoxy) is 2. The molecule has 2 rings (SSSR count). The molecule has 21 heavy (non-hydrogen) atoms. The molecule has 3 N–H and O–H groups in total. The predicted octanol–water partition coefficient (Wildman–Crippen LogP) is 1.29. The van der Waals surface area contributed by atoms with Gasteiger partial charge in [0.2, 0.25) is 0 Å². The van der Waals surface area contributed by atoms with E-state index in [1.807, 2.05) is 0 Å². The minimum atomic E-state index is -1.02. The lowest BCUT2D eigenvalue weighted by Gasteiger charge is -2.06. The van der Waals surface area contributed by atoms with Crippen molar-refractivity contribution < 1.29 is 24.2 Å². The van der Waals surface area contributed by atoms with Gasteiger partial charge in [-0.05, 0) is 25.0 Å². The van der Waals surface area contributed by atoms with Crippen molar-refractivity contribution in [3.63, 3.8) is 0 Å². The second-order valence-corrected chi connectivity index (χ2v) is 4.28. The molecule has 0 bridgehead atoms. The van der Waals surface area contributed by atoms with Gasteiger partial charge in [0.05, 0.1) is 31.1 Å². The summed E-state index contributed by atoms with van der Waals surface area (Å²) in [5, 5.41) is 12.9. The van der Waals surface area contributed by atoms with E-state index in [-0.39, 0.29) is 12.2 Å². The quantitative estimate of drug-likeness (QED) is 0.743. The minimum Gasteiger partial charge on any atom is -0.492 e. The van der Waals surface area contributed by atoms with Crippen molar-refractivity contribution in [1.82, 2.24) is 9.61 Å². The molecule has 112 valence electrons. The number of carboxylic acid groups (broad SMARTS) is 1. The van der Waals surface area contributed by atoms with E-state index in [9.17, 15) is 9.59 Å². The lowest BCUT2D eigenvalue weighted by Crippen LogP contribution is -2.14. The fraction of sp³-hybridized carbons (Fsp3) is 0.308. The normalized spacial score (nSPS) is 10.5. The van der Waals surface area contributed by atoms with Crippen LogP contribution in [0.1, 0.15) is 23.2 Å². The number of fused-ring (bicyclic) bond motifs is 1. The number of aromatic nitrogens is 2. The molecule has 0 atom stereocenters. The first-order valence-electron chi connectivity index (χ1n) is 6.33. The molecule has 8 nitrogen and oxygen atoms in total. The van der Waals surface area contributed by atoms with Gasteiger partial charge in [0.1, 0.15) is 11.3 Å². The third kappa shape index (κ3) is 3.85. The van der Waals surface area contributed by atoms with Crippen LogP contribution in [0.15, 0.2) is 24.5 Å². The van der Waals surface area contributed by atoms with E-state index in [1.54, 1.807) is 18.3 Å². The smallest absolute Gasteiger partial charge is 0.404 e. The van der Waals surface area contributed by atoms with Crippen molar-refractivity contribution >= 4 is 17.6 Å². The zero-order valence-electron chi connectivity index (χ0n) is 11.2. The molecule has 0 aliphatic rings. The highest BCUT2D eigenvalue weighted by molar-refractivity contribution is 5.95. The Balaban J connectivity index is 1.86. The molecule has 0 spiro atoms. The number of nitrogens with two attached hydrogens (primary N) is 1. The van der Waals surface area contributed by atoms with Crippen molar-refractivity contribution in [2.24, 2.45) is 5.73 Å². The molecule has 0 fully saturated rings. The average molecular weight is 293 g/mol. The lowest BCUT2D eigenvalue weighted by molar-refractivity contribution is 0.0699. The molecule has 0 radical (unpaired) electrons. The molecule has 0 unspecified atom stereocenters. The van der Waals surface area contributed by atoms with Crippen LogP contribution in [-0.4, -0.2) is 40.0 Å². The highest BCUT2D eigenvalue weighted by Gasteiger charge is 2.11.